The van der Waals surface area contributed by atoms with E-state index in [4.69, 9.17) is 0 Å². The van der Waals surface area contributed by atoms with E-state index in [1.807, 2.05) is 0 Å². The number of hydrogen-bond acceptors (Lipinski definition) is 2. The summed E-state index contributed by atoms with van der Waals surface area (Å²) in [5.74, 6) is 1.43. The molecule has 2 rings (SSSR count). The average molecular weight is 211 g/mol. The van der Waals surface area contributed by atoms with Gasteiger partial charge in [-0.15, -0.1) is 0 Å². The number of β-amino-alcohol motifs (C(OH)–C–C–N with tert-alkyl or cyclic N) is 1. The minimum atomic E-state index is -0.0576. The summed E-state index contributed by atoms with van der Waals surface area (Å²) in [6.07, 6.45) is 7.80. The summed E-state index contributed by atoms with van der Waals surface area (Å²) >= 11 is 0. The minimum Gasteiger partial charge on any atom is -0.392 e. The number of nitrogens with zero attached hydrogens (tertiary/aromatic N) is 1. The Morgan fingerprint density at radius 3 is 2.60 bits per heavy atom. The molecule has 0 aromatic rings. The molecule has 0 aromatic heterocycles. The van der Waals surface area contributed by atoms with Gasteiger partial charge in [-0.2, -0.15) is 0 Å². The van der Waals surface area contributed by atoms with Crippen LogP contribution in [0.2, 0.25) is 0 Å². The highest BCUT2D eigenvalue weighted by molar-refractivity contribution is 4.79. The maximum atomic E-state index is 10.1. The van der Waals surface area contributed by atoms with Gasteiger partial charge < -0.3 is 10.0 Å². The largest absolute Gasteiger partial charge is 0.392 e. The van der Waals surface area contributed by atoms with Crippen molar-refractivity contribution in [1.82, 2.24) is 4.90 Å². The van der Waals surface area contributed by atoms with Gasteiger partial charge in [-0.3, -0.25) is 0 Å². The lowest BCUT2D eigenvalue weighted by Crippen LogP contribution is -2.41. The van der Waals surface area contributed by atoms with Crippen LogP contribution in [0.5, 0.6) is 0 Å². The molecule has 88 valence electrons. The van der Waals surface area contributed by atoms with Gasteiger partial charge in [-0.25, -0.2) is 0 Å². The van der Waals surface area contributed by atoms with Crippen LogP contribution in [0.15, 0.2) is 0 Å². The molecular formula is C13H25NO. The van der Waals surface area contributed by atoms with Crippen molar-refractivity contribution in [2.24, 2.45) is 11.8 Å². The van der Waals surface area contributed by atoms with E-state index >= 15 is 0 Å². The molecule has 0 spiro atoms. The maximum absolute atomic E-state index is 10.1. The normalized spacial score (nSPS) is 32.0. The van der Waals surface area contributed by atoms with E-state index in [9.17, 15) is 5.11 Å². The molecule has 0 amide bonds. The Morgan fingerprint density at radius 1 is 1.20 bits per heavy atom. The second-order valence-corrected chi connectivity index (χ2v) is 5.62. The molecule has 2 unspecified atom stereocenters. The molecule has 2 nitrogen and oxygen atoms in total. The molecule has 0 aromatic carbocycles. The Bertz CT molecular complexity index is 189. The lowest BCUT2D eigenvalue weighted by molar-refractivity contribution is 0.0502. The maximum Gasteiger partial charge on any atom is 0.0695 e. The molecule has 2 fully saturated rings. The van der Waals surface area contributed by atoms with Gasteiger partial charge in [-0.1, -0.05) is 19.8 Å². The summed E-state index contributed by atoms with van der Waals surface area (Å²) < 4.78 is 0. The van der Waals surface area contributed by atoms with Crippen LogP contribution in [0.1, 0.15) is 45.4 Å². The summed E-state index contributed by atoms with van der Waals surface area (Å²) in [6, 6.07) is 0. The lowest BCUT2D eigenvalue weighted by atomic mass is 9.97. The van der Waals surface area contributed by atoms with E-state index in [1.54, 1.807) is 0 Å². The first-order valence-corrected chi connectivity index (χ1v) is 6.66. The molecule has 1 saturated heterocycles. The summed E-state index contributed by atoms with van der Waals surface area (Å²) in [7, 11) is 0. The molecule has 2 aliphatic rings. The quantitative estimate of drug-likeness (QED) is 0.774. The summed E-state index contributed by atoms with van der Waals surface area (Å²) in [6.45, 7) is 5.65. The number of aliphatic hydroxyl groups is 1. The monoisotopic (exact) mass is 211 g/mol. The van der Waals surface area contributed by atoms with Crippen LogP contribution in [-0.4, -0.2) is 35.7 Å². The molecule has 1 heterocycles. The Morgan fingerprint density at radius 2 is 1.93 bits per heavy atom. The zero-order chi connectivity index (χ0) is 10.7. The van der Waals surface area contributed by atoms with Gasteiger partial charge in [0, 0.05) is 13.1 Å². The third-order valence-corrected chi connectivity index (χ3v) is 4.13. The molecule has 2 atom stereocenters. The Labute approximate surface area is 93.7 Å². The predicted octanol–water partition coefficient (Wildman–Crippen LogP) is 2.27. The third-order valence-electron chi connectivity index (χ3n) is 4.13. The van der Waals surface area contributed by atoms with Crippen molar-refractivity contribution >= 4 is 0 Å². The van der Waals surface area contributed by atoms with Crippen molar-refractivity contribution in [2.75, 3.05) is 19.6 Å². The zero-order valence-corrected chi connectivity index (χ0v) is 9.99. The summed E-state index contributed by atoms with van der Waals surface area (Å²) in [5, 5.41) is 10.1. The van der Waals surface area contributed by atoms with Crippen LogP contribution in [0.3, 0.4) is 0 Å². The number of rotatable bonds is 3. The summed E-state index contributed by atoms with van der Waals surface area (Å²) in [4.78, 5) is 2.47. The van der Waals surface area contributed by atoms with Gasteiger partial charge in [0.2, 0.25) is 0 Å². The number of likely N-dealkylation sites (tertiary alicyclic amines) is 1. The number of piperidine rings is 1. The SMILES string of the molecule is CC1CCCN(CC(O)C2CCCC2)C1. The Balaban J connectivity index is 1.74. The predicted molar refractivity (Wildman–Crippen MR) is 62.8 cm³/mol. The van der Waals surface area contributed by atoms with E-state index in [0.29, 0.717) is 5.92 Å². The molecule has 15 heavy (non-hydrogen) atoms. The smallest absolute Gasteiger partial charge is 0.0695 e. The van der Waals surface area contributed by atoms with Crippen molar-refractivity contribution in [3.8, 4) is 0 Å². The second-order valence-electron chi connectivity index (χ2n) is 5.62. The summed E-state index contributed by atoms with van der Waals surface area (Å²) in [5.41, 5.74) is 0. The fourth-order valence-electron chi connectivity index (χ4n) is 3.21. The molecule has 0 radical (unpaired) electrons. The van der Waals surface area contributed by atoms with Crippen LogP contribution in [0.25, 0.3) is 0 Å². The van der Waals surface area contributed by atoms with Crippen LogP contribution in [0.4, 0.5) is 0 Å². The number of aliphatic hydroxyl groups excluding tert-OH is 1. The molecule has 1 aliphatic carbocycles. The topological polar surface area (TPSA) is 23.5 Å². The van der Waals surface area contributed by atoms with E-state index in [1.165, 1.54) is 51.6 Å². The first kappa shape index (κ1) is 11.4. The van der Waals surface area contributed by atoms with Crippen molar-refractivity contribution in [2.45, 2.75) is 51.6 Å². The van der Waals surface area contributed by atoms with Gasteiger partial charge in [0.05, 0.1) is 6.10 Å². The van der Waals surface area contributed by atoms with Crippen molar-refractivity contribution < 1.29 is 5.11 Å². The first-order chi connectivity index (χ1) is 7.25. The average Bonchev–Trinajstić information content (AvgIpc) is 2.70. The molecule has 2 heteroatoms. The standard InChI is InChI=1S/C13H25NO/c1-11-5-4-8-14(9-11)10-13(15)12-6-2-3-7-12/h11-13,15H,2-10H2,1H3. The fraction of sp³-hybridized carbons (Fsp3) is 1.00. The fourth-order valence-corrected chi connectivity index (χ4v) is 3.21. The van der Waals surface area contributed by atoms with E-state index in [2.05, 4.69) is 11.8 Å². The highest BCUT2D eigenvalue weighted by Crippen LogP contribution is 2.28. The molecule has 0 bridgehead atoms. The van der Waals surface area contributed by atoms with Gasteiger partial charge in [0.25, 0.3) is 0 Å². The highest BCUT2D eigenvalue weighted by Gasteiger charge is 2.26. The van der Waals surface area contributed by atoms with Crippen LogP contribution in [0, 0.1) is 11.8 Å². The second kappa shape index (κ2) is 5.31. The molecule has 1 N–H and O–H groups in total. The van der Waals surface area contributed by atoms with Crippen molar-refractivity contribution in [3.63, 3.8) is 0 Å². The van der Waals surface area contributed by atoms with E-state index in [0.717, 1.165) is 12.5 Å². The Hall–Kier alpha value is -0.0800. The van der Waals surface area contributed by atoms with Gasteiger partial charge >= 0.3 is 0 Å². The lowest BCUT2D eigenvalue weighted by Gasteiger charge is -2.33. The van der Waals surface area contributed by atoms with Crippen LogP contribution < -0.4 is 0 Å². The van der Waals surface area contributed by atoms with Crippen molar-refractivity contribution in [3.05, 3.63) is 0 Å². The Kier molecular flexibility index (Phi) is 4.04. The molecule has 1 aliphatic heterocycles. The van der Waals surface area contributed by atoms with Gasteiger partial charge in [0.15, 0.2) is 0 Å². The minimum absolute atomic E-state index is 0.0576. The number of hydrogen-bond donors (Lipinski definition) is 1. The van der Waals surface area contributed by atoms with Gasteiger partial charge in [0.1, 0.15) is 0 Å². The van der Waals surface area contributed by atoms with Crippen LogP contribution in [-0.2, 0) is 0 Å². The van der Waals surface area contributed by atoms with Crippen LogP contribution >= 0.6 is 0 Å². The molecule has 1 saturated carbocycles. The van der Waals surface area contributed by atoms with E-state index < -0.39 is 0 Å². The first-order valence-electron chi connectivity index (χ1n) is 6.66. The van der Waals surface area contributed by atoms with E-state index in [-0.39, 0.29) is 6.10 Å². The van der Waals surface area contributed by atoms with Crippen molar-refractivity contribution in [1.29, 1.82) is 0 Å². The molecular weight excluding hydrogens is 186 g/mol. The zero-order valence-electron chi connectivity index (χ0n) is 9.99. The van der Waals surface area contributed by atoms with Gasteiger partial charge in [-0.05, 0) is 44.1 Å². The third kappa shape index (κ3) is 3.18. The highest BCUT2D eigenvalue weighted by atomic mass is 16.3.